The molecule has 0 bridgehead atoms. The van der Waals surface area contributed by atoms with Gasteiger partial charge >= 0.3 is 0 Å². The molecule has 9 heteroatoms. The molecular weight excluding hydrogens is 380 g/mol. The van der Waals surface area contributed by atoms with Crippen LogP contribution in [0.15, 0.2) is 42.5 Å². The van der Waals surface area contributed by atoms with E-state index in [1.807, 2.05) is 13.0 Å². The number of rotatable bonds is 5. The second-order valence-electron chi connectivity index (χ2n) is 6.51. The lowest BCUT2D eigenvalue weighted by Gasteiger charge is -2.13. The van der Waals surface area contributed by atoms with Gasteiger partial charge in [-0.05, 0) is 61.8 Å². The fourth-order valence-corrected chi connectivity index (χ4v) is 2.70. The number of benzene rings is 2. The molecule has 0 aromatic heterocycles. The van der Waals surface area contributed by atoms with Gasteiger partial charge in [0.05, 0.1) is 4.92 Å². The van der Waals surface area contributed by atoms with Crippen molar-refractivity contribution >= 4 is 46.2 Å². The Hall–Kier alpha value is -3.33. The minimum Gasteiger partial charge on any atom is -0.332 e. The predicted molar refractivity (Wildman–Crippen MR) is 109 cm³/mol. The molecule has 0 radical (unpaired) electrons. The maximum atomic E-state index is 12.2. The molecule has 2 amide bonds. The fraction of sp³-hybridized carbons (Fsp3) is 0.211. The molecule has 0 aliphatic heterocycles. The van der Waals surface area contributed by atoms with Gasteiger partial charge in [0.15, 0.2) is 5.11 Å². The first-order valence-corrected chi connectivity index (χ1v) is 9.02. The number of amides is 2. The topological polar surface area (TPSA) is 113 Å². The molecule has 2 aromatic carbocycles. The van der Waals surface area contributed by atoms with Crippen LogP contribution in [0.2, 0.25) is 0 Å². The quantitative estimate of drug-likeness (QED) is 0.404. The average molecular weight is 398 g/mol. The summed E-state index contributed by atoms with van der Waals surface area (Å²) in [6.45, 7) is 1.89. The van der Waals surface area contributed by atoms with Gasteiger partial charge in [0.1, 0.15) is 0 Å². The number of nitro benzene ring substituents is 1. The predicted octanol–water partition coefficient (Wildman–Crippen LogP) is 3.38. The van der Waals surface area contributed by atoms with E-state index in [2.05, 4.69) is 16.0 Å². The van der Waals surface area contributed by atoms with Crippen LogP contribution in [0, 0.1) is 23.0 Å². The van der Waals surface area contributed by atoms with Crippen molar-refractivity contribution < 1.29 is 14.5 Å². The average Bonchev–Trinajstić information content (AvgIpc) is 3.49. The smallest absolute Gasteiger partial charge is 0.269 e. The minimum atomic E-state index is -0.537. The maximum Gasteiger partial charge on any atom is 0.269 e. The molecule has 0 saturated heterocycles. The number of anilines is 2. The molecule has 0 atom stereocenters. The van der Waals surface area contributed by atoms with Crippen LogP contribution < -0.4 is 16.0 Å². The van der Waals surface area contributed by atoms with Crippen LogP contribution in [0.5, 0.6) is 0 Å². The summed E-state index contributed by atoms with van der Waals surface area (Å²) in [4.78, 5) is 34.3. The number of nitrogens with one attached hydrogen (secondary N) is 3. The van der Waals surface area contributed by atoms with E-state index in [9.17, 15) is 19.7 Å². The number of thiocarbonyl (C=S) groups is 1. The Morgan fingerprint density at radius 3 is 2.39 bits per heavy atom. The third-order valence-corrected chi connectivity index (χ3v) is 4.47. The van der Waals surface area contributed by atoms with Gasteiger partial charge in [-0.1, -0.05) is 6.07 Å². The van der Waals surface area contributed by atoms with Crippen molar-refractivity contribution in [2.45, 2.75) is 19.8 Å². The van der Waals surface area contributed by atoms with E-state index in [1.165, 1.54) is 24.3 Å². The van der Waals surface area contributed by atoms with Gasteiger partial charge in [-0.3, -0.25) is 25.0 Å². The number of hydrogen-bond acceptors (Lipinski definition) is 5. The maximum absolute atomic E-state index is 12.2. The standard InChI is InChI=1S/C19H18N4O4S/c1-11-2-7-14(10-16(11)21-17(24)12-3-4-12)20-19(28)22-18(25)13-5-8-15(9-6-13)23(26)27/h2,5-10,12H,3-4H2,1H3,(H,21,24)(H2,20,22,25,28). The Labute approximate surface area is 166 Å². The Bertz CT molecular complexity index is 955. The van der Waals surface area contributed by atoms with Crippen LogP contribution in [0.25, 0.3) is 0 Å². The lowest BCUT2D eigenvalue weighted by Crippen LogP contribution is -2.34. The summed E-state index contributed by atoms with van der Waals surface area (Å²) in [5.41, 5.74) is 2.37. The highest BCUT2D eigenvalue weighted by Gasteiger charge is 2.29. The zero-order chi connectivity index (χ0) is 20.3. The minimum absolute atomic E-state index is 0.00861. The molecule has 1 aliphatic carbocycles. The molecule has 3 N–H and O–H groups in total. The third-order valence-electron chi connectivity index (χ3n) is 4.27. The van der Waals surface area contributed by atoms with E-state index in [0.717, 1.165) is 18.4 Å². The first-order chi connectivity index (χ1) is 13.3. The fourth-order valence-electron chi connectivity index (χ4n) is 2.49. The van der Waals surface area contributed by atoms with Crippen molar-refractivity contribution in [2.75, 3.05) is 10.6 Å². The number of hydrogen-bond donors (Lipinski definition) is 3. The SMILES string of the molecule is Cc1ccc(NC(=S)NC(=O)c2ccc([N+](=O)[O-])cc2)cc1NC(=O)C1CC1. The summed E-state index contributed by atoms with van der Waals surface area (Å²) in [6, 6.07) is 10.6. The van der Waals surface area contributed by atoms with E-state index in [0.29, 0.717) is 11.4 Å². The zero-order valence-electron chi connectivity index (χ0n) is 15.0. The van der Waals surface area contributed by atoms with Gasteiger partial charge in [0.2, 0.25) is 5.91 Å². The number of carbonyl (C=O) groups is 2. The van der Waals surface area contributed by atoms with Crippen molar-refractivity contribution in [2.24, 2.45) is 5.92 Å². The van der Waals surface area contributed by atoms with E-state index in [-0.39, 0.29) is 28.2 Å². The Morgan fingerprint density at radius 1 is 1.11 bits per heavy atom. The highest BCUT2D eigenvalue weighted by Crippen LogP contribution is 2.31. The number of aryl methyl sites for hydroxylation is 1. The van der Waals surface area contributed by atoms with Crippen molar-refractivity contribution in [1.82, 2.24) is 5.32 Å². The molecule has 1 aliphatic rings. The number of nitro groups is 1. The second kappa shape index (κ2) is 8.13. The van der Waals surface area contributed by atoms with Crippen LogP contribution in [0.4, 0.5) is 17.1 Å². The zero-order valence-corrected chi connectivity index (χ0v) is 15.8. The van der Waals surface area contributed by atoms with Crippen molar-refractivity contribution in [3.8, 4) is 0 Å². The van der Waals surface area contributed by atoms with E-state index < -0.39 is 10.8 Å². The highest BCUT2D eigenvalue weighted by molar-refractivity contribution is 7.80. The molecule has 2 aromatic rings. The largest absolute Gasteiger partial charge is 0.332 e. The molecular formula is C19H18N4O4S. The molecule has 0 spiro atoms. The van der Waals surface area contributed by atoms with Gasteiger partial charge in [0, 0.05) is 35.0 Å². The molecule has 1 saturated carbocycles. The molecule has 1 fully saturated rings. The van der Waals surface area contributed by atoms with Crippen molar-refractivity contribution in [3.05, 3.63) is 63.7 Å². The van der Waals surface area contributed by atoms with Gasteiger partial charge in [-0.15, -0.1) is 0 Å². The van der Waals surface area contributed by atoms with Crippen molar-refractivity contribution in [1.29, 1.82) is 0 Å². The number of non-ortho nitro benzene ring substituents is 1. The van der Waals surface area contributed by atoms with Gasteiger partial charge < -0.3 is 10.6 Å². The second-order valence-corrected chi connectivity index (χ2v) is 6.91. The first kappa shape index (κ1) is 19.4. The van der Waals surface area contributed by atoms with Gasteiger partial charge in [-0.25, -0.2) is 0 Å². The lowest BCUT2D eigenvalue weighted by molar-refractivity contribution is -0.384. The lowest BCUT2D eigenvalue weighted by atomic mass is 10.1. The Balaban J connectivity index is 1.61. The van der Waals surface area contributed by atoms with E-state index >= 15 is 0 Å². The first-order valence-electron chi connectivity index (χ1n) is 8.62. The number of carbonyl (C=O) groups excluding carboxylic acids is 2. The summed E-state index contributed by atoms with van der Waals surface area (Å²) >= 11 is 5.16. The summed E-state index contributed by atoms with van der Waals surface area (Å²) in [6.07, 6.45) is 1.84. The molecule has 0 heterocycles. The van der Waals surface area contributed by atoms with E-state index in [4.69, 9.17) is 12.2 Å². The summed E-state index contributed by atoms with van der Waals surface area (Å²) < 4.78 is 0. The summed E-state index contributed by atoms with van der Waals surface area (Å²) in [7, 11) is 0. The Kier molecular flexibility index (Phi) is 5.65. The van der Waals surface area contributed by atoms with Crippen LogP contribution in [0.3, 0.4) is 0 Å². The van der Waals surface area contributed by atoms with Crippen molar-refractivity contribution in [3.63, 3.8) is 0 Å². The molecule has 28 heavy (non-hydrogen) atoms. The van der Waals surface area contributed by atoms with Crippen LogP contribution in [0.1, 0.15) is 28.8 Å². The van der Waals surface area contributed by atoms with E-state index in [1.54, 1.807) is 12.1 Å². The van der Waals surface area contributed by atoms with Gasteiger partial charge in [-0.2, -0.15) is 0 Å². The monoisotopic (exact) mass is 398 g/mol. The van der Waals surface area contributed by atoms with Gasteiger partial charge in [0.25, 0.3) is 11.6 Å². The van der Waals surface area contributed by atoms with Crippen LogP contribution in [-0.2, 0) is 4.79 Å². The molecule has 3 rings (SSSR count). The summed E-state index contributed by atoms with van der Waals surface area (Å²) in [5.74, 6) is -0.380. The third kappa shape index (κ3) is 4.89. The summed E-state index contributed by atoms with van der Waals surface area (Å²) in [5, 5.41) is 19.1. The molecule has 8 nitrogen and oxygen atoms in total. The normalized spacial score (nSPS) is 12.8. The highest BCUT2D eigenvalue weighted by atomic mass is 32.1. The molecule has 144 valence electrons. The number of nitrogens with zero attached hydrogens (tertiary/aromatic N) is 1. The molecule has 0 unspecified atom stereocenters. The van der Waals surface area contributed by atoms with Crippen LogP contribution in [-0.4, -0.2) is 21.9 Å². The Morgan fingerprint density at radius 2 is 1.79 bits per heavy atom. The van der Waals surface area contributed by atoms with Crippen LogP contribution >= 0.6 is 12.2 Å².